The number of carbonyl (C=O) groups is 2. The molecule has 5 rings (SSSR count). The molecule has 8 heteroatoms. The lowest BCUT2D eigenvalue weighted by molar-refractivity contribution is -0.140. The number of benzene rings is 1. The van der Waals surface area contributed by atoms with Crippen molar-refractivity contribution >= 4 is 28.8 Å². The molecule has 0 saturated carbocycles. The standard InChI is InChI=1S/C23H23NO6S/c1-13-6-10-31-22(13)19-18(21(26)23(27)24(19)12-15-3-2-7-28-15)20(25)14-4-5-16-17(11-14)30-9-8-29-16/h4-6,10-11,15,19,25H,2-3,7-9,12H2,1H3/b20-18-. The lowest BCUT2D eigenvalue weighted by Gasteiger charge is -2.27. The zero-order chi connectivity index (χ0) is 21.5. The molecule has 1 N–H and O–H groups in total. The molecule has 3 aliphatic rings. The molecule has 2 atom stereocenters. The number of rotatable bonds is 4. The fourth-order valence-electron chi connectivity index (χ4n) is 4.36. The number of fused-ring (bicyclic) bond motifs is 1. The Balaban J connectivity index is 1.60. The maximum absolute atomic E-state index is 13.1. The van der Waals surface area contributed by atoms with Crippen LogP contribution in [0.5, 0.6) is 11.5 Å². The van der Waals surface area contributed by atoms with Crippen LogP contribution in [0.25, 0.3) is 5.76 Å². The summed E-state index contributed by atoms with van der Waals surface area (Å²) < 4.78 is 16.9. The molecular weight excluding hydrogens is 418 g/mol. The Hall–Kier alpha value is -2.84. The van der Waals surface area contributed by atoms with Crippen LogP contribution in [0.4, 0.5) is 0 Å². The van der Waals surface area contributed by atoms with Crippen LogP contribution in [0, 0.1) is 6.92 Å². The first-order valence-electron chi connectivity index (χ1n) is 10.4. The summed E-state index contributed by atoms with van der Waals surface area (Å²) in [6.45, 7) is 3.81. The van der Waals surface area contributed by atoms with Crippen molar-refractivity contribution in [1.29, 1.82) is 0 Å². The Kier molecular flexibility index (Phi) is 5.19. The van der Waals surface area contributed by atoms with Gasteiger partial charge in [-0.1, -0.05) is 0 Å². The third kappa shape index (κ3) is 3.49. The first kappa shape index (κ1) is 20.1. The van der Waals surface area contributed by atoms with Crippen LogP contribution in [0.15, 0.2) is 35.2 Å². The third-order valence-corrected chi connectivity index (χ3v) is 7.00. The average molecular weight is 442 g/mol. The van der Waals surface area contributed by atoms with Crippen LogP contribution < -0.4 is 9.47 Å². The van der Waals surface area contributed by atoms with Gasteiger partial charge in [-0.3, -0.25) is 9.59 Å². The van der Waals surface area contributed by atoms with E-state index in [4.69, 9.17) is 14.2 Å². The van der Waals surface area contributed by atoms with Crippen molar-refractivity contribution in [3.8, 4) is 11.5 Å². The molecule has 0 bridgehead atoms. The largest absolute Gasteiger partial charge is 0.507 e. The molecule has 7 nitrogen and oxygen atoms in total. The van der Waals surface area contributed by atoms with Gasteiger partial charge in [-0.05, 0) is 55.0 Å². The fourth-order valence-corrected chi connectivity index (χ4v) is 5.41. The molecule has 0 aliphatic carbocycles. The first-order chi connectivity index (χ1) is 15.0. The summed E-state index contributed by atoms with van der Waals surface area (Å²) in [5.41, 5.74) is 1.49. The lowest BCUT2D eigenvalue weighted by atomic mass is 9.98. The summed E-state index contributed by atoms with van der Waals surface area (Å²) in [6, 6.07) is 6.34. The summed E-state index contributed by atoms with van der Waals surface area (Å²) in [4.78, 5) is 28.6. The van der Waals surface area contributed by atoms with Crippen LogP contribution in [-0.4, -0.2) is 54.2 Å². The normalized spacial score (nSPS) is 24.7. The number of carbonyl (C=O) groups excluding carboxylic acids is 2. The molecule has 1 aromatic heterocycles. The van der Waals surface area contributed by atoms with Crippen LogP contribution in [0.1, 0.15) is 34.9 Å². The van der Waals surface area contributed by atoms with Crippen molar-refractivity contribution in [2.75, 3.05) is 26.4 Å². The number of ether oxygens (including phenoxy) is 3. The SMILES string of the molecule is Cc1ccsc1C1/C(=C(/O)c2ccc3c(c2)OCCO3)C(=O)C(=O)N1CC1CCCO1. The number of thiophene rings is 1. The molecule has 162 valence electrons. The van der Waals surface area contributed by atoms with Crippen LogP contribution >= 0.6 is 11.3 Å². The molecule has 0 spiro atoms. The maximum atomic E-state index is 13.1. The second-order valence-electron chi connectivity index (χ2n) is 7.91. The van der Waals surface area contributed by atoms with E-state index in [-0.39, 0.29) is 17.4 Å². The second kappa shape index (κ2) is 8.01. The van der Waals surface area contributed by atoms with E-state index >= 15 is 0 Å². The molecule has 2 saturated heterocycles. The molecule has 2 unspecified atom stereocenters. The molecule has 0 radical (unpaired) electrons. The predicted molar refractivity (Wildman–Crippen MR) is 114 cm³/mol. The van der Waals surface area contributed by atoms with E-state index in [0.717, 1.165) is 23.3 Å². The van der Waals surface area contributed by atoms with Gasteiger partial charge in [0.15, 0.2) is 11.5 Å². The summed E-state index contributed by atoms with van der Waals surface area (Å²) in [5.74, 6) is -0.390. The molecule has 31 heavy (non-hydrogen) atoms. The van der Waals surface area contributed by atoms with Crippen LogP contribution in [0.2, 0.25) is 0 Å². The number of hydrogen-bond acceptors (Lipinski definition) is 7. The third-order valence-electron chi connectivity index (χ3n) is 5.93. The van der Waals surface area contributed by atoms with E-state index in [9.17, 15) is 14.7 Å². The number of aryl methyl sites for hydroxylation is 1. The number of Topliss-reactive ketones (excluding diaryl/α,β-unsaturated/α-hetero) is 1. The highest BCUT2D eigenvalue weighted by molar-refractivity contribution is 7.10. The molecule has 1 amide bonds. The Morgan fingerprint density at radius 1 is 1.16 bits per heavy atom. The van der Waals surface area contributed by atoms with Crippen LogP contribution in [-0.2, 0) is 14.3 Å². The Morgan fingerprint density at radius 3 is 2.68 bits per heavy atom. The van der Waals surface area contributed by atoms with Gasteiger partial charge in [-0.15, -0.1) is 11.3 Å². The number of hydrogen-bond donors (Lipinski definition) is 1. The number of aliphatic hydroxyl groups excluding tert-OH is 1. The quantitative estimate of drug-likeness (QED) is 0.445. The zero-order valence-corrected chi connectivity index (χ0v) is 17.9. The average Bonchev–Trinajstić information content (AvgIpc) is 3.50. The molecule has 4 heterocycles. The highest BCUT2D eigenvalue weighted by Crippen LogP contribution is 2.44. The van der Waals surface area contributed by atoms with E-state index in [0.29, 0.717) is 43.4 Å². The van der Waals surface area contributed by atoms with Crippen molar-refractivity contribution in [2.24, 2.45) is 0 Å². The lowest BCUT2D eigenvalue weighted by Crippen LogP contribution is -2.36. The van der Waals surface area contributed by atoms with Crippen molar-refractivity contribution in [2.45, 2.75) is 31.9 Å². The molecule has 3 aliphatic heterocycles. The number of nitrogens with zero attached hydrogens (tertiary/aromatic N) is 1. The highest BCUT2D eigenvalue weighted by atomic mass is 32.1. The van der Waals surface area contributed by atoms with E-state index in [1.165, 1.54) is 11.3 Å². The molecule has 2 aromatic rings. The summed E-state index contributed by atoms with van der Waals surface area (Å²) in [6.07, 6.45) is 1.69. The summed E-state index contributed by atoms with van der Waals surface area (Å²) >= 11 is 1.47. The van der Waals surface area contributed by atoms with Crippen molar-refractivity contribution in [3.63, 3.8) is 0 Å². The van der Waals surface area contributed by atoms with Gasteiger partial charge in [0.25, 0.3) is 11.7 Å². The van der Waals surface area contributed by atoms with Gasteiger partial charge in [-0.2, -0.15) is 0 Å². The monoisotopic (exact) mass is 441 g/mol. The van der Waals surface area contributed by atoms with Gasteiger partial charge in [0, 0.05) is 23.6 Å². The minimum atomic E-state index is -0.678. The topological polar surface area (TPSA) is 85.3 Å². The molecule has 2 fully saturated rings. The van der Waals surface area contributed by atoms with Gasteiger partial charge in [0.1, 0.15) is 19.0 Å². The minimum Gasteiger partial charge on any atom is -0.507 e. The van der Waals surface area contributed by atoms with Gasteiger partial charge < -0.3 is 24.2 Å². The fraction of sp³-hybridized carbons (Fsp3) is 0.391. The molecular formula is C23H23NO6S. The zero-order valence-electron chi connectivity index (χ0n) is 17.1. The maximum Gasteiger partial charge on any atom is 0.295 e. The van der Waals surface area contributed by atoms with E-state index in [1.54, 1.807) is 23.1 Å². The van der Waals surface area contributed by atoms with E-state index < -0.39 is 17.7 Å². The number of aliphatic hydroxyl groups is 1. The van der Waals surface area contributed by atoms with Crippen molar-refractivity contribution < 1.29 is 28.9 Å². The summed E-state index contributed by atoms with van der Waals surface area (Å²) in [7, 11) is 0. The smallest absolute Gasteiger partial charge is 0.295 e. The van der Waals surface area contributed by atoms with Crippen molar-refractivity contribution in [3.05, 3.63) is 51.2 Å². The Bertz CT molecular complexity index is 1070. The number of likely N-dealkylation sites (tertiary alicyclic amines) is 1. The Morgan fingerprint density at radius 2 is 1.97 bits per heavy atom. The highest BCUT2D eigenvalue weighted by Gasteiger charge is 2.48. The van der Waals surface area contributed by atoms with Gasteiger partial charge in [0.2, 0.25) is 0 Å². The predicted octanol–water partition coefficient (Wildman–Crippen LogP) is 3.43. The van der Waals surface area contributed by atoms with E-state index in [2.05, 4.69) is 0 Å². The Labute approximate surface area is 183 Å². The molecule has 1 aromatic carbocycles. The van der Waals surface area contributed by atoms with Crippen LogP contribution in [0.3, 0.4) is 0 Å². The van der Waals surface area contributed by atoms with Gasteiger partial charge in [-0.25, -0.2) is 0 Å². The second-order valence-corrected chi connectivity index (χ2v) is 8.86. The number of amides is 1. The van der Waals surface area contributed by atoms with E-state index in [1.807, 2.05) is 18.4 Å². The van der Waals surface area contributed by atoms with Crippen molar-refractivity contribution in [1.82, 2.24) is 4.90 Å². The van der Waals surface area contributed by atoms with Gasteiger partial charge in [0.05, 0.1) is 17.7 Å². The minimum absolute atomic E-state index is 0.102. The number of ketones is 1. The van der Waals surface area contributed by atoms with Gasteiger partial charge >= 0.3 is 0 Å². The summed E-state index contributed by atoms with van der Waals surface area (Å²) in [5, 5.41) is 13.1. The first-order valence-corrected chi connectivity index (χ1v) is 11.3.